The largest absolute Gasteiger partial charge is 0.457 e. The van der Waals surface area contributed by atoms with E-state index in [2.05, 4.69) is 5.32 Å². The zero-order chi connectivity index (χ0) is 19.2. The first-order chi connectivity index (χ1) is 11.5. The molecule has 0 saturated carbocycles. The second-order valence-electron chi connectivity index (χ2n) is 6.59. The van der Waals surface area contributed by atoms with Crippen molar-refractivity contribution in [2.75, 3.05) is 0 Å². The summed E-state index contributed by atoms with van der Waals surface area (Å²) in [5.41, 5.74) is -0.530. The molecule has 0 aliphatic carbocycles. The fourth-order valence-corrected chi connectivity index (χ4v) is 2.05. The topological polar surface area (TPSA) is 108 Å². The Morgan fingerprint density at radius 3 is 2.24 bits per heavy atom. The minimum Gasteiger partial charge on any atom is -0.457 e. The highest BCUT2D eigenvalue weighted by Crippen LogP contribution is 2.15. The first-order valence-electron chi connectivity index (χ1n) is 7.98. The third-order valence-electron chi connectivity index (χ3n) is 3.28. The summed E-state index contributed by atoms with van der Waals surface area (Å²) < 4.78 is 10.6. The van der Waals surface area contributed by atoms with Crippen molar-refractivity contribution in [1.82, 2.24) is 5.32 Å². The Hall–Kier alpha value is -2.64. The molecule has 25 heavy (non-hydrogen) atoms. The minimum absolute atomic E-state index is 0.108. The summed E-state index contributed by atoms with van der Waals surface area (Å²) in [7, 11) is 0. The van der Waals surface area contributed by atoms with E-state index in [9.17, 15) is 19.7 Å². The molecule has 0 saturated heterocycles. The number of nitrogens with one attached hydrogen (secondary N) is 1. The molecule has 0 heterocycles. The molecule has 0 aromatic heterocycles. The highest BCUT2D eigenvalue weighted by molar-refractivity contribution is 5.89. The summed E-state index contributed by atoms with van der Waals surface area (Å²) in [5, 5.41) is 13.3. The van der Waals surface area contributed by atoms with Crippen molar-refractivity contribution in [1.29, 1.82) is 0 Å². The van der Waals surface area contributed by atoms with Gasteiger partial charge in [0.25, 0.3) is 5.69 Å². The minimum atomic E-state index is -0.624. The lowest BCUT2D eigenvalue weighted by atomic mass is 10.1. The molecule has 0 bridgehead atoms. The van der Waals surface area contributed by atoms with Gasteiger partial charge in [-0.05, 0) is 46.2 Å². The van der Waals surface area contributed by atoms with Crippen LogP contribution >= 0.6 is 0 Å². The quantitative estimate of drug-likeness (QED) is 0.477. The number of hydrogen-bond donors (Lipinski definition) is 1. The van der Waals surface area contributed by atoms with Crippen LogP contribution in [-0.2, 0) is 9.47 Å². The van der Waals surface area contributed by atoms with Gasteiger partial charge >= 0.3 is 12.1 Å². The normalized spacial score (nSPS) is 13.5. The number of carbonyl (C=O) groups is 2. The van der Waals surface area contributed by atoms with Crippen molar-refractivity contribution in [2.45, 2.75) is 58.8 Å². The Morgan fingerprint density at radius 1 is 1.24 bits per heavy atom. The average Bonchev–Trinajstić information content (AvgIpc) is 2.50. The highest BCUT2D eigenvalue weighted by Gasteiger charge is 2.25. The molecule has 0 aliphatic heterocycles. The zero-order valence-electron chi connectivity index (χ0n) is 15.1. The number of amides is 1. The van der Waals surface area contributed by atoms with E-state index in [0.29, 0.717) is 6.42 Å². The molecule has 0 radical (unpaired) electrons. The number of carbonyl (C=O) groups excluding carboxylic acids is 2. The Bertz CT molecular complexity index is 621. The number of non-ortho nitro benzene ring substituents is 1. The van der Waals surface area contributed by atoms with Crippen LogP contribution < -0.4 is 5.32 Å². The van der Waals surface area contributed by atoms with Crippen LogP contribution in [0.1, 0.15) is 51.4 Å². The number of ether oxygens (including phenoxy) is 2. The number of hydrogen-bond acceptors (Lipinski definition) is 6. The highest BCUT2D eigenvalue weighted by atomic mass is 16.6. The molecule has 0 spiro atoms. The van der Waals surface area contributed by atoms with Gasteiger partial charge in [0.15, 0.2) is 0 Å². The van der Waals surface area contributed by atoms with Crippen LogP contribution in [0.3, 0.4) is 0 Å². The van der Waals surface area contributed by atoms with Gasteiger partial charge in [-0.1, -0.05) is 6.92 Å². The van der Waals surface area contributed by atoms with Gasteiger partial charge in [-0.15, -0.1) is 0 Å². The van der Waals surface area contributed by atoms with Crippen molar-refractivity contribution in [3.05, 3.63) is 39.9 Å². The molecule has 1 rings (SSSR count). The van der Waals surface area contributed by atoms with Crippen LogP contribution in [0.2, 0.25) is 0 Å². The third kappa shape index (κ3) is 6.78. The van der Waals surface area contributed by atoms with Crippen LogP contribution in [0.4, 0.5) is 10.5 Å². The van der Waals surface area contributed by atoms with Gasteiger partial charge in [-0.25, -0.2) is 9.59 Å². The molecule has 8 nitrogen and oxygen atoms in total. The van der Waals surface area contributed by atoms with E-state index in [-0.39, 0.29) is 11.3 Å². The molecule has 1 N–H and O–H groups in total. The number of esters is 1. The number of nitro benzene ring substituents is 1. The number of nitrogens with zero attached hydrogens (tertiary/aromatic N) is 1. The maximum absolute atomic E-state index is 12.2. The Kier molecular flexibility index (Phi) is 6.90. The lowest BCUT2D eigenvalue weighted by Crippen LogP contribution is -2.45. The fraction of sp³-hybridized carbons (Fsp3) is 0.529. The number of rotatable bonds is 6. The van der Waals surface area contributed by atoms with Crippen molar-refractivity contribution in [2.24, 2.45) is 0 Å². The van der Waals surface area contributed by atoms with Crippen molar-refractivity contribution < 1.29 is 24.0 Å². The molecule has 1 aromatic rings. The zero-order valence-corrected chi connectivity index (χ0v) is 15.1. The van der Waals surface area contributed by atoms with Gasteiger partial charge in [0.05, 0.1) is 16.5 Å². The van der Waals surface area contributed by atoms with Gasteiger partial charge in [-0.2, -0.15) is 0 Å². The summed E-state index contributed by atoms with van der Waals surface area (Å²) in [6, 6.07) is 4.68. The number of benzene rings is 1. The van der Waals surface area contributed by atoms with E-state index < -0.39 is 34.7 Å². The first-order valence-corrected chi connectivity index (χ1v) is 7.98. The Morgan fingerprint density at radius 2 is 1.80 bits per heavy atom. The Labute approximate surface area is 146 Å². The fourth-order valence-electron chi connectivity index (χ4n) is 2.05. The van der Waals surface area contributed by atoms with Gasteiger partial charge in [0.2, 0.25) is 0 Å². The van der Waals surface area contributed by atoms with Crippen molar-refractivity contribution >= 4 is 17.7 Å². The van der Waals surface area contributed by atoms with E-state index in [1.807, 2.05) is 6.92 Å². The molecule has 138 valence electrons. The Balaban J connectivity index is 2.68. The second kappa shape index (κ2) is 8.46. The molecule has 8 heteroatoms. The van der Waals surface area contributed by atoms with Gasteiger partial charge in [0.1, 0.15) is 11.7 Å². The second-order valence-corrected chi connectivity index (χ2v) is 6.59. The van der Waals surface area contributed by atoms with Crippen LogP contribution in [0.15, 0.2) is 24.3 Å². The molecule has 1 aromatic carbocycles. The van der Waals surface area contributed by atoms with Crippen molar-refractivity contribution in [3.63, 3.8) is 0 Å². The first kappa shape index (κ1) is 20.4. The summed E-state index contributed by atoms with van der Waals surface area (Å²) in [4.78, 5) is 34.1. The van der Waals surface area contributed by atoms with Crippen molar-refractivity contribution in [3.8, 4) is 0 Å². The smallest absolute Gasteiger partial charge is 0.407 e. The monoisotopic (exact) mass is 352 g/mol. The summed E-state index contributed by atoms with van der Waals surface area (Å²) in [6.45, 7) is 8.79. The summed E-state index contributed by atoms with van der Waals surface area (Å²) in [6.07, 6.45) is -0.671. The molecule has 1 amide bonds. The summed E-state index contributed by atoms with van der Waals surface area (Å²) >= 11 is 0. The van der Waals surface area contributed by atoms with Crippen LogP contribution in [-0.4, -0.2) is 34.7 Å². The van der Waals surface area contributed by atoms with E-state index in [0.717, 1.165) is 0 Å². The van der Waals surface area contributed by atoms with E-state index in [1.54, 1.807) is 27.7 Å². The SMILES string of the molecule is CCC(OC(=O)c1ccc([N+](=O)[O-])cc1)[C@H](C)NC(=O)OC(C)(C)C. The molecule has 2 atom stereocenters. The average molecular weight is 352 g/mol. The molecular formula is C17H24N2O6. The molecule has 1 unspecified atom stereocenters. The maximum atomic E-state index is 12.2. The lowest BCUT2D eigenvalue weighted by Gasteiger charge is -2.26. The number of alkyl carbamates (subject to hydrolysis) is 1. The van der Waals surface area contributed by atoms with Crippen LogP contribution in [0.25, 0.3) is 0 Å². The van der Waals surface area contributed by atoms with E-state index >= 15 is 0 Å². The summed E-state index contributed by atoms with van der Waals surface area (Å²) in [5.74, 6) is -0.611. The van der Waals surface area contributed by atoms with Crippen LogP contribution in [0.5, 0.6) is 0 Å². The standard InChI is InChI=1S/C17H24N2O6/c1-6-14(11(2)18-16(21)25-17(3,4)5)24-15(20)12-7-9-13(10-8-12)19(22)23/h7-11,14H,6H2,1-5H3,(H,18,21)/t11-,14?/m0/s1. The van der Waals surface area contributed by atoms with Gasteiger partial charge < -0.3 is 14.8 Å². The lowest BCUT2D eigenvalue weighted by molar-refractivity contribution is -0.384. The third-order valence-corrected chi connectivity index (χ3v) is 3.28. The maximum Gasteiger partial charge on any atom is 0.407 e. The molecule has 0 fully saturated rings. The molecular weight excluding hydrogens is 328 g/mol. The van der Waals surface area contributed by atoms with E-state index in [4.69, 9.17) is 9.47 Å². The van der Waals surface area contributed by atoms with Gasteiger partial charge in [0, 0.05) is 12.1 Å². The van der Waals surface area contributed by atoms with E-state index in [1.165, 1.54) is 24.3 Å². The number of nitro groups is 1. The predicted molar refractivity (Wildman–Crippen MR) is 91.4 cm³/mol. The molecule has 0 aliphatic rings. The predicted octanol–water partition coefficient (Wildman–Crippen LogP) is 3.44. The van der Waals surface area contributed by atoms with Crippen LogP contribution in [0, 0.1) is 10.1 Å². The van der Waals surface area contributed by atoms with Gasteiger partial charge in [-0.3, -0.25) is 10.1 Å².